The van der Waals surface area contributed by atoms with E-state index in [-0.39, 0.29) is 36.7 Å². The predicted molar refractivity (Wildman–Crippen MR) is 141 cm³/mol. The SMILES string of the molecule is CC(=O)Nc1nc(C)c(C(=O)N[C@@H](C)c2ccc(O[C@@H]3CCN(C(=O)OCc4ccccc4)C3)cc2)s1. The number of benzene rings is 2. The Balaban J connectivity index is 1.25. The van der Waals surface area contributed by atoms with Gasteiger partial charge in [0.25, 0.3) is 5.91 Å². The molecule has 0 radical (unpaired) electrons. The minimum absolute atomic E-state index is 0.112. The van der Waals surface area contributed by atoms with Gasteiger partial charge in [0, 0.05) is 19.9 Å². The van der Waals surface area contributed by atoms with Gasteiger partial charge in [-0.05, 0) is 37.1 Å². The Hall–Kier alpha value is -3.92. The Morgan fingerprint density at radius 3 is 2.57 bits per heavy atom. The number of rotatable bonds is 8. The van der Waals surface area contributed by atoms with Gasteiger partial charge in [-0.3, -0.25) is 9.59 Å². The lowest BCUT2D eigenvalue weighted by atomic mass is 10.1. The number of anilines is 1. The lowest BCUT2D eigenvalue weighted by Gasteiger charge is -2.18. The first-order valence-corrected chi connectivity index (χ1v) is 12.9. The van der Waals surface area contributed by atoms with Crippen molar-refractivity contribution in [2.45, 2.75) is 45.9 Å². The molecule has 9 nitrogen and oxygen atoms in total. The summed E-state index contributed by atoms with van der Waals surface area (Å²) in [6, 6.07) is 16.9. The van der Waals surface area contributed by atoms with Crippen LogP contribution in [0.5, 0.6) is 5.75 Å². The zero-order valence-electron chi connectivity index (χ0n) is 21.0. The molecular formula is C27H30N4O5S. The molecule has 1 aromatic heterocycles. The van der Waals surface area contributed by atoms with E-state index in [4.69, 9.17) is 9.47 Å². The quantitative estimate of drug-likeness (QED) is 0.444. The topological polar surface area (TPSA) is 110 Å². The molecule has 0 bridgehead atoms. The van der Waals surface area contributed by atoms with E-state index in [1.54, 1.807) is 11.8 Å². The number of likely N-dealkylation sites (tertiary alicyclic amines) is 1. The number of amides is 3. The van der Waals surface area contributed by atoms with Gasteiger partial charge in [0.05, 0.1) is 18.3 Å². The molecule has 2 heterocycles. The lowest BCUT2D eigenvalue weighted by molar-refractivity contribution is -0.114. The van der Waals surface area contributed by atoms with Crippen LogP contribution in [0.1, 0.15) is 52.8 Å². The third-order valence-corrected chi connectivity index (χ3v) is 7.00. The van der Waals surface area contributed by atoms with Gasteiger partial charge in [0.15, 0.2) is 5.13 Å². The normalized spacial score (nSPS) is 15.6. The van der Waals surface area contributed by atoms with Gasteiger partial charge < -0.3 is 25.0 Å². The van der Waals surface area contributed by atoms with Crippen LogP contribution in [0.3, 0.4) is 0 Å². The summed E-state index contributed by atoms with van der Waals surface area (Å²) in [5.41, 5.74) is 2.43. The van der Waals surface area contributed by atoms with E-state index in [1.807, 2.05) is 61.5 Å². The van der Waals surface area contributed by atoms with Crippen LogP contribution in [0.2, 0.25) is 0 Å². The first-order chi connectivity index (χ1) is 17.8. The standard InChI is InChI=1S/C27H30N4O5S/c1-17(28-25(33)24-18(2)29-26(37-24)30-19(3)32)21-9-11-22(12-10-21)36-23-13-14-31(15-23)27(34)35-16-20-7-5-4-6-8-20/h4-12,17,23H,13-16H2,1-3H3,(H,28,33)(H,29,30,32)/t17-,23+/m0/s1. The molecule has 0 spiro atoms. The summed E-state index contributed by atoms with van der Waals surface area (Å²) in [5, 5.41) is 5.99. The van der Waals surface area contributed by atoms with Crippen molar-refractivity contribution < 1.29 is 23.9 Å². The second kappa shape index (κ2) is 11.9. The van der Waals surface area contributed by atoms with Gasteiger partial charge in [-0.2, -0.15) is 0 Å². The number of aryl methyl sites for hydroxylation is 1. The highest BCUT2D eigenvalue weighted by Gasteiger charge is 2.28. The molecule has 37 heavy (non-hydrogen) atoms. The van der Waals surface area contributed by atoms with Crippen LogP contribution >= 0.6 is 11.3 Å². The third-order valence-electron chi connectivity index (χ3n) is 5.92. The van der Waals surface area contributed by atoms with Crippen molar-refractivity contribution in [2.24, 2.45) is 0 Å². The molecule has 0 unspecified atom stereocenters. The largest absolute Gasteiger partial charge is 0.489 e. The molecule has 1 aliphatic heterocycles. The Kier molecular flexibility index (Phi) is 8.39. The Morgan fingerprint density at radius 1 is 1.14 bits per heavy atom. The highest BCUT2D eigenvalue weighted by molar-refractivity contribution is 7.17. The van der Waals surface area contributed by atoms with Crippen molar-refractivity contribution in [2.75, 3.05) is 18.4 Å². The zero-order chi connectivity index (χ0) is 26.4. The van der Waals surface area contributed by atoms with E-state index in [0.29, 0.717) is 34.5 Å². The number of carbonyl (C=O) groups is 3. The fourth-order valence-electron chi connectivity index (χ4n) is 3.99. The van der Waals surface area contributed by atoms with Crippen LogP contribution in [-0.4, -0.2) is 47.0 Å². The smallest absolute Gasteiger partial charge is 0.410 e. The maximum Gasteiger partial charge on any atom is 0.410 e. The maximum absolute atomic E-state index is 12.7. The summed E-state index contributed by atoms with van der Waals surface area (Å²) < 4.78 is 11.5. The van der Waals surface area contributed by atoms with E-state index in [2.05, 4.69) is 15.6 Å². The van der Waals surface area contributed by atoms with Crippen LogP contribution in [0.25, 0.3) is 0 Å². The second-order valence-corrected chi connectivity index (χ2v) is 9.89. The molecular weight excluding hydrogens is 492 g/mol. The number of hydrogen-bond acceptors (Lipinski definition) is 7. The highest BCUT2D eigenvalue weighted by atomic mass is 32.1. The van der Waals surface area contributed by atoms with Crippen molar-refractivity contribution in [3.05, 3.63) is 76.3 Å². The molecule has 2 aromatic carbocycles. The monoisotopic (exact) mass is 522 g/mol. The van der Waals surface area contributed by atoms with Gasteiger partial charge in [-0.25, -0.2) is 9.78 Å². The number of thiazole rings is 1. The predicted octanol–water partition coefficient (Wildman–Crippen LogP) is 4.69. The number of nitrogens with one attached hydrogen (secondary N) is 2. The Bertz CT molecular complexity index is 1250. The Labute approximate surface area is 219 Å². The van der Waals surface area contributed by atoms with Crippen LogP contribution in [-0.2, 0) is 16.1 Å². The number of hydrogen-bond donors (Lipinski definition) is 2. The van der Waals surface area contributed by atoms with E-state index >= 15 is 0 Å². The van der Waals surface area contributed by atoms with Gasteiger partial charge in [0.1, 0.15) is 23.3 Å². The zero-order valence-corrected chi connectivity index (χ0v) is 21.8. The molecule has 2 atom stereocenters. The average molecular weight is 523 g/mol. The molecule has 1 aliphatic rings. The van der Waals surface area contributed by atoms with E-state index in [9.17, 15) is 14.4 Å². The molecule has 3 aromatic rings. The molecule has 3 amide bonds. The van der Waals surface area contributed by atoms with E-state index in [0.717, 1.165) is 28.9 Å². The summed E-state index contributed by atoms with van der Waals surface area (Å²) in [6.07, 6.45) is 0.276. The minimum Gasteiger partial charge on any atom is -0.489 e. The van der Waals surface area contributed by atoms with Crippen LogP contribution in [0.4, 0.5) is 9.93 Å². The summed E-state index contributed by atoms with van der Waals surface area (Å²) in [5.74, 6) is 0.222. The molecule has 10 heteroatoms. The van der Waals surface area contributed by atoms with Crippen molar-refractivity contribution in [3.8, 4) is 5.75 Å². The van der Waals surface area contributed by atoms with Gasteiger partial charge in [-0.1, -0.05) is 53.8 Å². The molecule has 2 N–H and O–H groups in total. The lowest BCUT2D eigenvalue weighted by Crippen LogP contribution is -2.31. The first kappa shape index (κ1) is 26.2. The molecule has 0 aliphatic carbocycles. The first-order valence-electron chi connectivity index (χ1n) is 12.1. The Morgan fingerprint density at radius 2 is 1.86 bits per heavy atom. The number of nitrogens with zero attached hydrogens (tertiary/aromatic N) is 2. The molecule has 4 rings (SSSR count). The van der Waals surface area contributed by atoms with Gasteiger partial charge in [-0.15, -0.1) is 0 Å². The van der Waals surface area contributed by atoms with E-state index < -0.39 is 0 Å². The fourth-order valence-corrected chi connectivity index (χ4v) is 4.90. The number of aromatic nitrogens is 1. The van der Waals surface area contributed by atoms with Gasteiger partial charge >= 0.3 is 6.09 Å². The molecule has 1 saturated heterocycles. The summed E-state index contributed by atoms with van der Waals surface area (Å²) >= 11 is 1.15. The van der Waals surface area contributed by atoms with Crippen LogP contribution in [0.15, 0.2) is 54.6 Å². The van der Waals surface area contributed by atoms with Gasteiger partial charge in [0.2, 0.25) is 5.91 Å². The third kappa shape index (κ3) is 7.07. The summed E-state index contributed by atoms with van der Waals surface area (Å²) in [4.78, 5) is 42.7. The summed E-state index contributed by atoms with van der Waals surface area (Å²) in [7, 11) is 0. The van der Waals surface area contributed by atoms with Crippen molar-refractivity contribution in [3.63, 3.8) is 0 Å². The maximum atomic E-state index is 12.7. The summed E-state index contributed by atoms with van der Waals surface area (Å²) in [6.45, 7) is 6.33. The highest BCUT2D eigenvalue weighted by Crippen LogP contribution is 2.25. The number of ether oxygens (including phenoxy) is 2. The van der Waals surface area contributed by atoms with Crippen LogP contribution < -0.4 is 15.4 Å². The number of carbonyl (C=O) groups excluding carboxylic acids is 3. The van der Waals surface area contributed by atoms with Crippen molar-refractivity contribution in [1.82, 2.24) is 15.2 Å². The van der Waals surface area contributed by atoms with Crippen molar-refractivity contribution >= 4 is 34.4 Å². The van der Waals surface area contributed by atoms with E-state index in [1.165, 1.54) is 6.92 Å². The van der Waals surface area contributed by atoms with Crippen LogP contribution in [0, 0.1) is 6.92 Å². The fraction of sp³-hybridized carbons (Fsp3) is 0.333. The molecule has 1 fully saturated rings. The molecule has 194 valence electrons. The molecule has 0 saturated carbocycles. The van der Waals surface area contributed by atoms with Crippen molar-refractivity contribution in [1.29, 1.82) is 0 Å². The minimum atomic E-state index is -0.338. The average Bonchev–Trinajstić information content (AvgIpc) is 3.49. The second-order valence-electron chi connectivity index (χ2n) is 8.89.